The second-order valence-corrected chi connectivity index (χ2v) is 8.23. The van der Waals surface area contributed by atoms with Crippen LogP contribution in [0.15, 0.2) is 42.5 Å². The van der Waals surface area contributed by atoms with Gasteiger partial charge in [-0.15, -0.1) is 0 Å². The third-order valence-corrected chi connectivity index (χ3v) is 5.30. The highest BCUT2D eigenvalue weighted by Gasteiger charge is 2.30. The molecule has 2 amide bonds. The minimum atomic E-state index is -0.672. The van der Waals surface area contributed by atoms with E-state index in [2.05, 4.69) is 5.32 Å². The summed E-state index contributed by atoms with van der Waals surface area (Å²) in [6, 6.07) is 11.9. The van der Waals surface area contributed by atoms with Crippen molar-refractivity contribution >= 4 is 35.0 Å². The van der Waals surface area contributed by atoms with Crippen molar-refractivity contribution in [3.8, 4) is 5.75 Å². The Hall–Kier alpha value is -2.24. The largest absolute Gasteiger partial charge is 0.484 e. The topological polar surface area (TPSA) is 58.6 Å². The summed E-state index contributed by atoms with van der Waals surface area (Å²) in [5, 5.41) is 3.77. The average molecular weight is 451 g/mol. The summed E-state index contributed by atoms with van der Waals surface area (Å²) < 4.78 is 5.67. The fourth-order valence-corrected chi connectivity index (χ4v) is 3.53. The van der Waals surface area contributed by atoms with Gasteiger partial charge in [0.2, 0.25) is 5.91 Å². The monoisotopic (exact) mass is 450 g/mol. The SMILES string of the molecule is CC[C@H](C(=O)NC(C)C)N(Cc1c(Cl)cccc1Cl)C(=O)COc1ccc(C)cc1. The number of aryl methyl sites for hydroxylation is 1. The van der Waals surface area contributed by atoms with Crippen molar-refractivity contribution in [2.45, 2.75) is 52.7 Å². The molecule has 30 heavy (non-hydrogen) atoms. The van der Waals surface area contributed by atoms with Gasteiger partial charge in [0.25, 0.3) is 5.91 Å². The van der Waals surface area contributed by atoms with E-state index in [0.717, 1.165) is 5.56 Å². The zero-order valence-electron chi connectivity index (χ0n) is 17.7. The molecule has 0 aliphatic rings. The molecule has 0 aromatic heterocycles. The van der Waals surface area contributed by atoms with Crippen LogP contribution in [0.4, 0.5) is 0 Å². The molecule has 162 valence electrons. The Morgan fingerprint density at radius 3 is 2.20 bits per heavy atom. The molecule has 0 radical (unpaired) electrons. The van der Waals surface area contributed by atoms with Crippen LogP contribution in [0, 0.1) is 6.92 Å². The summed E-state index contributed by atoms with van der Waals surface area (Å²) in [5.41, 5.74) is 1.69. The van der Waals surface area contributed by atoms with E-state index in [0.29, 0.717) is 27.8 Å². The van der Waals surface area contributed by atoms with Gasteiger partial charge in [0, 0.05) is 28.2 Å². The number of nitrogens with zero attached hydrogens (tertiary/aromatic N) is 1. The smallest absolute Gasteiger partial charge is 0.261 e. The van der Waals surface area contributed by atoms with Gasteiger partial charge in [-0.05, 0) is 51.5 Å². The molecule has 0 aliphatic carbocycles. The van der Waals surface area contributed by atoms with Crippen molar-refractivity contribution in [3.63, 3.8) is 0 Å². The molecule has 0 saturated heterocycles. The third-order valence-electron chi connectivity index (χ3n) is 4.59. The predicted octanol–water partition coefficient (Wildman–Crippen LogP) is 5.01. The van der Waals surface area contributed by atoms with Crippen molar-refractivity contribution in [2.75, 3.05) is 6.61 Å². The molecule has 2 rings (SSSR count). The highest BCUT2D eigenvalue weighted by atomic mass is 35.5. The first-order valence-electron chi connectivity index (χ1n) is 9.95. The molecule has 7 heteroatoms. The van der Waals surface area contributed by atoms with Crippen LogP contribution in [-0.4, -0.2) is 35.4 Å². The van der Waals surface area contributed by atoms with Gasteiger partial charge in [-0.3, -0.25) is 9.59 Å². The van der Waals surface area contributed by atoms with Gasteiger partial charge in [0.1, 0.15) is 11.8 Å². The van der Waals surface area contributed by atoms with E-state index in [1.54, 1.807) is 30.3 Å². The van der Waals surface area contributed by atoms with E-state index in [4.69, 9.17) is 27.9 Å². The maximum absolute atomic E-state index is 13.1. The molecule has 0 aliphatic heterocycles. The normalized spacial score (nSPS) is 11.8. The number of hydrogen-bond donors (Lipinski definition) is 1. The molecular weight excluding hydrogens is 423 g/mol. The number of carbonyl (C=O) groups excluding carboxylic acids is 2. The number of hydrogen-bond acceptors (Lipinski definition) is 3. The van der Waals surface area contributed by atoms with E-state index in [1.165, 1.54) is 4.90 Å². The lowest BCUT2D eigenvalue weighted by Gasteiger charge is -2.31. The molecule has 2 aromatic carbocycles. The first kappa shape index (κ1) is 24.0. The predicted molar refractivity (Wildman–Crippen MR) is 121 cm³/mol. The van der Waals surface area contributed by atoms with Gasteiger partial charge >= 0.3 is 0 Å². The number of nitrogens with one attached hydrogen (secondary N) is 1. The number of ether oxygens (including phenoxy) is 1. The average Bonchev–Trinajstić information content (AvgIpc) is 2.68. The zero-order valence-corrected chi connectivity index (χ0v) is 19.3. The van der Waals surface area contributed by atoms with Crippen LogP contribution in [0.25, 0.3) is 0 Å². The standard InChI is InChI=1S/C23H28Cl2N2O3/c1-5-21(23(29)26-15(2)3)27(13-18-19(24)7-6-8-20(18)25)22(28)14-30-17-11-9-16(4)10-12-17/h6-12,15,21H,5,13-14H2,1-4H3,(H,26,29)/t21-/m1/s1. The number of carbonyl (C=O) groups is 2. The third kappa shape index (κ3) is 6.64. The Bertz CT molecular complexity index is 849. The van der Waals surface area contributed by atoms with Gasteiger partial charge in [0.15, 0.2) is 6.61 Å². The Labute approximate surface area is 188 Å². The van der Waals surface area contributed by atoms with Crippen LogP contribution < -0.4 is 10.1 Å². The van der Waals surface area contributed by atoms with Crippen LogP contribution in [0.2, 0.25) is 10.0 Å². The van der Waals surface area contributed by atoms with Gasteiger partial charge < -0.3 is 15.0 Å². The minimum absolute atomic E-state index is 0.0452. The van der Waals surface area contributed by atoms with Gasteiger partial charge in [-0.25, -0.2) is 0 Å². The molecule has 1 N–H and O–H groups in total. The van der Waals surface area contributed by atoms with Crippen LogP contribution in [0.5, 0.6) is 5.75 Å². The summed E-state index contributed by atoms with van der Waals surface area (Å²) in [6.07, 6.45) is 0.441. The summed E-state index contributed by atoms with van der Waals surface area (Å²) in [6.45, 7) is 7.50. The van der Waals surface area contributed by atoms with Crippen LogP contribution in [-0.2, 0) is 16.1 Å². The van der Waals surface area contributed by atoms with Crippen molar-refractivity contribution in [1.29, 1.82) is 0 Å². The molecule has 0 saturated carbocycles. The molecule has 5 nitrogen and oxygen atoms in total. The van der Waals surface area contributed by atoms with Crippen LogP contribution >= 0.6 is 23.2 Å². The Balaban J connectivity index is 2.27. The highest BCUT2D eigenvalue weighted by Crippen LogP contribution is 2.27. The van der Waals surface area contributed by atoms with Crippen molar-refractivity contribution in [1.82, 2.24) is 10.2 Å². The van der Waals surface area contributed by atoms with Gasteiger partial charge in [0.05, 0.1) is 0 Å². The first-order valence-corrected chi connectivity index (χ1v) is 10.7. The van der Waals surface area contributed by atoms with E-state index >= 15 is 0 Å². The lowest BCUT2D eigenvalue weighted by molar-refractivity contribution is -0.143. The Morgan fingerprint density at radius 2 is 1.67 bits per heavy atom. The lowest BCUT2D eigenvalue weighted by atomic mass is 10.1. The highest BCUT2D eigenvalue weighted by molar-refractivity contribution is 6.36. The second kappa shape index (κ2) is 11.2. The van der Waals surface area contributed by atoms with Crippen molar-refractivity contribution < 1.29 is 14.3 Å². The molecular formula is C23H28Cl2N2O3. The molecule has 0 fully saturated rings. The summed E-state index contributed by atoms with van der Waals surface area (Å²) in [4.78, 5) is 27.4. The van der Waals surface area contributed by atoms with Crippen LogP contribution in [0.1, 0.15) is 38.3 Å². The molecule has 0 unspecified atom stereocenters. The summed E-state index contributed by atoms with van der Waals surface area (Å²) >= 11 is 12.6. The Kier molecular flexibility index (Phi) is 9.00. The maximum atomic E-state index is 13.1. The number of halogens is 2. The second-order valence-electron chi connectivity index (χ2n) is 7.41. The van der Waals surface area contributed by atoms with Gasteiger partial charge in [-0.1, -0.05) is 53.9 Å². The molecule has 0 heterocycles. The number of benzene rings is 2. The number of rotatable bonds is 9. The summed E-state index contributed by atoms with van der Waals surface area (Å²) in [7, 11) is 0. The van der Waals surface area contributed by atoms with Gasteiger partial charge in [-0.2, -0.15) is 0 Å². The van der Waals surface area contributed by atoms with Crippen LogP contribution in [0.3, 0.4) is 0 Å². The summed E-state index contributed by atoms with van der Waals surface area (Å²) in [5.74, 6) is 0.0426. The Morgan fingerprint density at radius 1 is 1.07 bits per heavy atom. The fourth-order valence-electron chi connectivity index (χ4n) is 3.02. The molecule has 0 bridgehead atoms. The maximum Gasteiger partial charge on any atom is 0.261 e. The molecule has 2 aromatic rings. The van der Waals surface area contributed by atoms with E-state index in [9.17, 15) is 9.59 Å². The quantitative estimate of drug-likeness (QED) is 0.583. The fraction of sp³-hybridized carbons (Fsp3) is 0.391. The first-order chi connectivity index (χ1) is 14.2. The lowest BCUT2D eigenvalue weighted by Crippen LogP contribution is -2.51. The van der Waals surface area contributed by atoms with E-state index in [-0.39, 0.29) is 31.0 Å². The number of amides is 2. The van der Waals surface area contributed by atoms with E-state index in [1.807, 2.05) is 39.8 Å². The minimum Gasteiger partial charge on any atom is -0.484 e. The zero-order chi connectivity index (χ0) is 22.3. The molecule has 1 atom stereocenters. The van der Waals surface area contributed by atoms with E-state index < -0.39 is 6.04 Å². The van der Waals surface area contributed by atoms with Crippen molar-refractivity contribution in [3.05, 3.63) is 63.6 Å². The van der Waals surface area contributed by atoms with Crippen molar-refractivity contribution in [2.24, 2.45) is 0 Å². The molecule has 0 spiro atoms.